The number of H-pyrrole nitrogens is 1. The number of aromatic nitrogens is 3. The number of hydrogen-bond donors (Lipinski definition) is 2. The SMILES string of the molecule is CC(Cc1ccc(F)cc1)n1c(N)n[nH]c1=S. The fourth-order valence-corrected chi connectivity index (χ4v) is 2.11. The van der Waals surface area contributed by atoms with E-state index in [-0.39, 0.29) is 11.9 Å². The third-order valence-electron chi connectivity index (χ3n) is 2.62. The average Bonchev–Trinajstić information content (AvgIpc) is 2.62. The first-order chi connectivity index (χ1) is 8.08. The van der Waals surface area contributed by atoms with Crippen LogP contribution in [0.4, 0.5) is 10.3 Å². The van der Waals surface area contributed by atoms with E-state index in [1.807, 2.05) is 6.92 Å². The van der Waals surface area contributed by atoms with Crippen molar-refractivity contribution < 1.29 is 4.39 Å². The highest BCUT2D eigenvalue weighted by atomic mass is 32.1. The molecule has 1 unspecified atom stereocenters. The molecular formula is C11H13FN4S. The first kappa shape index (κ1) is 11.8. The minimum atomic E-state index is -0.235. The maximum Gasteiger partial charge on any atom is 0.220 e. The molecule has 17 heavy (non-hydrogen) atoms. The molecule has 2 aromatic rings. The Morgan fingerprint density at radius 3 is 2.65 bits per heavy atom. The van der Waals surface area contributed by atoms with Gasteiger partial charge in [-0.25, -0.2) is 9.49 Å². The van der Waals surface area contributed by atoms with Gasteiger partial charge in [-0.05, 0) is 43.3 Å². The van der Waals surface area contributed by atoms with Crippen LogP contribution >= 0.6 is 12.2 Å². The van der Waals surface area contributed by atoms with Crippen LogP contribution in [0.5, 0.6) is 0 Å². The van der Waals surface area contributed by atoms with E-state index in [0.717, 1.165) is 12.0 Å². The van der Waals surface area contributed by atoms with Crippen LogP contribution in [0.1, 0.15) is 18.5 Å². The molecule has 90 valence electrons. The van der Waals surface area contributed by atoms with Crippen LogP contribution < -0.4 is 5.73 Å². The van der Waals surface area contributed by atoms with Gasteiger partial charge in [0.15, 0.2) is 4.77 Å². The molecule has 1 aromatic heterocycles. The lowest BCUT2D eigenvalue weighted by Crippen LogP contribution is -2.11. The summed E-state index contributed by atoms with van der Waals surface area (Å²) in [7, 11) is 0. The number of hydrogen-bond acceptors (Lipinski definition) is 3. The van der Waals surface area contributed by atoms with Crippen LogP contribution in [0, 0.1) is 10.6 Å². The highest BCUT2D eigenvalue weighted by Crippen LogP contribution is 2.17. The second-order valence-corrected chi connectivity index (χ2v) is 4.32. The van der Waals surface area contributed by atoms with Gasteiger partial charge in [-0.15, -0.1) is 5.10 Å². The number of anilines is 1. The second-order valence-electron chi connectivity index (χ2n) is 3.94. The fraction of sp³-hybridized carbons (Fsp3) is 0.273. The van der Waals surface area contributed by atoms with E-state index in [9.17, 15) is 4.39 Å². The zero-order valence-electron chi connectivity index (χ0n) is 9.35. The van der Waals surface area contributed by atoms with E-state index in [4.69, 9.17) is 18.0 Å². The van der Waals surface area contributed by atoms with E-state index in [1.54, 1.807) is 16.7 Å². The predicted molar refractivity (Wildman–Crippen MR) is 66.6 cm³/mol. The number of benzene rings is 1. The van der Waals surface area contributed by atoms with Gasteiger partial charge in [-0.3, -0.25) is 4.57 Å². The molecule has 0 aliphatic carbocycles. The molecule has 1 heterocycles. The van der Waals surface area contributed by atoms with Gasteiger partial charge >= 0.3 is 0 Å². The lowest BCUT2D eigenvalue weighted by molar-refractivity contribution is 0.543. The van der Waals surface area contributed by atoms with Crippen molar-refractivity contribution in [3.05, 3.63) is 40.4 Å². The van der Waals surface area contributed by atoms with Crippen molar-refractivity contribution in [3.63, 3.8) is 0 Å². The topological polar surface area (TPSA) is 59.6 Å². The number of halogens is 1. The number of nitrogens with one attached hydrogen (secondary N) is 1. The molecule has 2 rings (SSSR count). The minimum Gasteiger partial charge on any atom is -0.368 e. The number of nitrogens with two attached hydrogens (primary N) is 1. The Morgan fingerprint density at radius 2 is 2.12 bits per heavy atom. The standard InChI is InChI=1S/C11H13FN4S/c1-7(16-10(13)14-15-11(16)17)6-8-2-4-9(12)5-3-8/h2-5,7H,6H2,1H3,(H2,13,14)(H,15,17). The molecule has 1 aromatic carbocycles. The highest BCUT2D eigenvalue weighted by molar-refractivity contribution is 7.71. The maximum absolute atomic E-state index is 12.8. The summed E-state index contributed by atoms with van der Waals surface area (Å²) in [6.07, 6.45) is 0.721. The summed E-state index contributed by atoms with van der Waals surface area (Å²) < 4.78 is 15.0. The van der Waals surface area contributed by atoms with Gasteiger partial charge in [0.25, 0.3) is 0 Å². The van der Waals surface area contributed by atoms with Crippen LogP contribution in [0.25, 0.3) is 0 Å². The highest BCUT2D eigenvalue weighted by Gasteiger charge is 2.11. The average molecular weight is 252 g/mol. The first-order valence-electron chi connectivity index (χ1n) is 5.24. The van der Waals surface area contributed by atoms with Gasteiger partial charge in [0.2, 0.25) is 5.95 Å². The van der Waals surface area contributed by atoms with Crippen molar-refractivity contribution in [2.24, 2.45) is 0 Å². The summed E-state index contributed by atoms with van der Waals surface area (Å²) >= 11 is 5.09. The molecule has 0 aliphatic heterocycles. The lowest BCUT2D eigenvalue weighted by Gasteiger charge is -2.13. The van der Waals surface area contributed by atoms with Crippen molar-refractivity contribution >= 4 is 18.2 Å². The monoisotopic (exact) mass is 252 g/mol. The van der Waals surface area contributed by atoms with Crippen LogP contribution in [-0.4, -0.2) is 14.8 Å². The third-order valence-corrected chi connectivity index (χ3v) is 2.90. The molecule has 0 spiro atoms. The summed E-state index contributed by atoms with van der Waals surface area (Å²) in [6, 6.07) is 6.48. The molecule has 6 heteroatoms. The van der Waals surface area contributed by atoms with E-state index >= 15 is 0 Å². The quantitative estimate of drug-likeness (QED) is 0.825. The number of rotatable bonds is 3. The lowest BCUT2D eigenvalue weighted by atomic mass is 10.1. The molecule has 0 saturated carbocycles. The van der Waals surface area contributed by atoms with Crippen LogP contribution in [-0.2, 0) is 6.42 Å². The normalized spacial score (nSPS) is 12.6. The largest absolute Gasteiger partial charge is 0.368 e. The van der Waals surface area contributed by atoms with Crippen molar-refractivity contribution in [1.82, 2.24) is 14.8 Å². The molecule has 0 saturated heterocycles. The van der Waals surface area contributed by atoms with Gasteiger partial charge in [0.1, 0.15) is 5.82 Å². The molecule has 4 nitrogen and oxygen atoms in total. The Morgan fingerprint density at radius 1 is 1.47 bits per heavy atom. The summed E-state index contributed by atoms with van der Waals surface area (Å²) in [6.45, 7) is 1.99. The summed E-state index contributed by atoms with van der Waals surface area (Å²) in [5.74, 6) is 0.130. The predicted octanol–water partition coefficient (Wildman–Crippen LogP) is 2.47. The van der Waals surface area contributed by atoms with Gasteiger partial charge in [0, 0.05) is 6.04 Å². The van der Waals surface area contributed by atoms with Crippen LogP contribution in [0.3, 0.4) is 0 Å². The van der Waals surface area contributed by atoms with Gasteiger partial charge < -0.3 is 5.73 Å². The Labute approximate surface area is 103 Å². The molecule has 0 fully saturated rings. The molecule has 3 N–H and O–H groups in total. The Kier molecular flexibility index (Phi) is 3.23. The maximum atomic E-state index is 12.8. The van der Waals surface area contributed by atoms with E-state index in [2.05, 4.69) is 10.2 Å². The van der Waals surface area contributed by atoms with Gasteiger partial charge in [-0.2, -0.15) is 0 Å². The summed E-state index contributed by atoms with van der Waals surface area (Å²) in [5.41, 5.74) is 6.74. The minimum absolute atomic E-state index is 0.0757. The van der Waals surface area contributed by atoms with E-state index < -0.39 is 0 Å². The zero-order valence-corrected chi connectivity index (χ0v) is 10.2. The van der Waals surface area contributed by atoms with Crippen molar-refractivity contribution in [2.45, 2.75) is 19.4 Å². The zero-order chi connectivity index (χ0) is 12.4. The van der Waals surface area contributed by atoms with Crippen molar-refractivity contribution in [2.75, 3.05) is 5.73 Å². The van der Waals surface area contributed by atoms with Crippen LogP contribution in [0.15, 0.2) is 24.3 Å². The molecular weight excluding hydrogens is 239 g/mol. The Balaban J connectivity index is 2.20. The number of nitrogen functional groups attached to an aromatic ring is 1. The number of aromatic amines is 1. The van der Waals surface area contributed by atoms with E-state index in [1.165, 1.54) is 12.1 Å². The molecule has 0 aliphatic rings. The smallest absolute Gasteiger partial charge is 0.220 e. The number of nitrogens with zero attached hydrogens (tertiary/aromatic N) is 2. The Hall–Kier alpha value is -1.69. The summed E-state index contributed by atoms with van der Waals surface area (Å²) in [5, 5.41) is 6.50. The molecule has 0 amide bonds. The molecule has 0 radical (unpaired) electrons. The van der Waals surface area contributed by atoms with Crippen LogP contribution in [0.2, 0.25) is 0 Å². The summed E-state index contributed by atoms with van der Waals surface area (Å²) in [4.78, 5) is 0. The van der Waals surface area contributed by atoms with Gasteiger partial charge in [-0.1, -0.05) is 12.1 Å². The first-order valence-corrected chi connectivity index (χ1v) is 5.65. The van der Waals surface area contributed by atoms with E-state index in [0.29, 0.717) is 10.7 Å². The van der Waals surface area contributed by atoms with Crippen molar-refractivity contribution in [3.8, 4) is 0 Å². The third kappa shape index (κ3) is 2.52. The van der Waals surface area contributed by atoms with Crippen molar-refractivity contribution in [1.29, 1.82) is 0 Å². The fourth-order valence-electron chi connectivity index (χ4n) is 1.80. The molecule has 1 atom stereocenters. The Bertz CT molecular complexity index is 558. The van der Waals surface area contributed by atoms with Gasteiger partial charge in [0.05, 0.1) is 0 Å². The second kappa shape index (κ2) is 4.67. The molecule has 0 bridgehead atoms.